The Hall–Kier alpha value is -7.16. The summed E-state index contributed by atoms with van der Waals surface area (Å²) >= 11 is 0. The summed E-state index contributed by atoms with van der Waals surface area (Å²) in [5, 5.41) is 13.6. The van der Waals surface area contributed by atoms with E-state index in [0.29, 0.717) is 0 Å². The Morgan fingerprint density at radius 2 is 0.891 bits per heavy atom. The molecule has 262 valence electrons. The molecule has 10 aromatic carbocycles. The zero-order valence-electron chi connectivity index (χ0n) is 30.7. The van der Waals surface area contributed by atoms with Gasteiger partial charge in [0.25, 0.3) is 0 Å². The van der Waals surface area contributed by atoms with Crippen molar-refractivity contribution in [1.82, 2.24) is 0 Å². The van der Waals surface area contributed by atoms with Crippen LogP contribution in [0.3, 0.4) is 0 Å². The molecule has 0 aliphatic heterocycles. The molecule has 0 aromatic heterocycles. The number of fused-ring (bicyclic) bond motifs is 4. The van der Waals surface area contributed by atoms with Crippen molar-refractivity contribution in [2.75, 3.05) is 11.1 Å². The molecule has 0 bridgehead atoms. The van der Waals surface area contributed by atoms with E-state index in [1.54, 1.807) is 0 Å². The third kappa shape index (κ3) is 6.67. The van der Waals surface area contributed by atoms with Gasteiger partial charge in [-0.1, -0.05) is 181 Å². The number of nitrogen functional groups attached to an aromatic ring is 1. The number of anilines is 3. The van der Waals surface area contributed by atoms with Gasteiger partial charge in [0.05, 0.1) is 11.4 Å². The van der Waals surface area contributed by atoms with E-state index in [4.69, 9.17) is 5.73 Å². The first-order valence-corrected chi connectivity index (χ1v) is 18.8. The molecular weight excluding hydrogens is 665 g/mol. The normalized spacial score (nSPS) is 11.1. The Balaban J connectivity index is 0.000000195. The van der Waals surface area contributed by atoms with Crippen molar-refractivity contribution in [3.05, 3.63) is 212 Å². The Bertz CT molecular complexity index is 2910. The topological polar surface area (TPSA) is 38.0 Å². The van der Waals surface area contributed by atoms with E-state index >= 15 is 0 Å². The van der Waals surface area contributed by atoms with Crippen LogP contribution in [0.2, 0.25) is 0 Å². The number of benzene rings is 10. The lowest BCUT2D eigenvalue weighted by Gasteiger charge is -2.18. The summed E-state index contributed by atoms with van der Waals surface area (Å²) in [6, 6.07) is 73.1. The number of nitrogens with two attached hydrogens (primary N) is 1. The lowest BCUT2D eigenvalue weighted by Crippen LogP contribution is -1.95. The van der Waals surface area contributed by atoms with Crippen molar-refractivity contribution in [1.29, 1.82) is 0 Å². The van der Waals surface area contributed by atoms with Crippen molar-refractivity contribution in [3.8, 4) is 33.4 Å². The van der Waals surface area contributed by atoms with Gasteiger partial charge >= 0.3 is 0 Å². The van der Waals surface area contributed by atoms with Crippen LogP contribution in [0, 0.1) is 6.92 Å². The summed E-state index contributed by atoms with van der Waals surface area (Å²) in [7, 11) is 0. The van der Waals surface area contributed by atoms with Crippen molar-refractivity contribution < 1.29 is 0 Å². The fourth-order valence-electron chi connectivity index (χ4n) is 7.87. The smallest absolute Gasteiger partial charge is 0.0617 e. The summed E-state index contributed by atoms with van der Waals surface area (Å²) in [5.41, 5.74) is 17.7. The molecule has 3 N–H and O–H groups in total. The molecule has 0 heterocycles. The molecule has 0 saturated heterocycles. The van der Waals surface area contributed by atoms with E-state index < -0.39 is 0 Å². The van der Waals surface area contributed by atoms with E-state index in [2.05, 4.69) is 194 Å². The van der Waals surface area contributed by atoms with Crippen LogP contribution in [0.15, 0.2) is 206 Å². The molecule has 0 spiro atoms. The predicted octanol–water partition coefficient (Wildman–Crippen LogP) is 14.6. The van der Waals surface area contributed by atoms with Crippen LogP contribution in [-0.2, 0) is 0 Å². The minimum absolute atomic E-state index is 0.734. The molecule has 0 fully saturated rings. The van der Waals surface area contributed by atoms with Crippen molar-refractivity contribution in [2.24, 2.45) is 0 Å². The summed E-state index contributed by atoms with van der Waals surface area (Å²) in [6.45, 7) is 2.13. The second-order valence-electron chi connectivity index (χ2n) is 14.1. The maximum Gasteiger partial charge on any atom is 0.0617 e. The van der Waals surface area contributed by atoms with Crippen LogP contribution in [0.1, 0.15) is 5.56 Å². The third-order valence-electron chi connectivity index (χ3n) is 10.5. The molecule has 2 heteroatoms. The lowest BCUT2D eigenvalue weighted by molar-refractivity contribution is 1.47. The molecule has 0 unspecified atom stereocenters. The lowest BCUT2D eigenvalue weighted by atomic mass is 9.85. The fraction of sp³-hybridized carbons (Fsp3) is 0.0189. The molecule has 0 saturated carbocycles. The van der Waals surface area contributed by atoms with Crippen LogP contribution >= 0.6 is 0 Å². The molecule has 10 aromatic rings. The summed E-state index contributed by atoms with van der Waals surface area (Å²) in [6.07, 6.45) is 0. The fourth-order valence-corrected chi connectivity index (χ4v) is 7.87. The first-order valence-electron chi connectivity index (χ1n) is 18.8. The van der Waals surface area contributed by atoms with Crippen LogP contribution in [0.4, 0.5) is 17.1 Å². The quantitative estimate of drug-likeness (QED) is 0.138. The monoisotopic (exact) mass is 704 g/mol. The molecular formula is C53H40N2. The highest BCUT2D eigenvalue weighted by Crippen LogP contribution is 2.44. The largest absolute Gasteiger partial charge is 0.397 e. The molecule has 10 rings (SSSR count). The van der Waals surface area contributed by atoms with Gasteiger partial charge in [-0.15, -0.1) is 0 Å². The number of hydrogen-bond donors (Lipinski definition) is 2. The molecule has 0 aliphatic carbocycles. The van der Waals surface area contributed by atoms with Gasteiger partial charge in [-0.3, -0.25) is 0 Å². The van der Waals surface area contributed by atoms with Gasteiger partial charge in [0, 0.05) is 5.69 Å². The van der Waals surface area contributed by atoms with Crippen molar-refractivity contribution in [3.63, 3.8) is 0 Å². The number of para-hydroxylation sites is 2. The first kappa shape index (κ1) is 33.7. The molecule has 0 aliphatic rings. The zero-order chi connectivity index (χ0) is 37.1. The molecule has 0 radical (unpaired) electrons. The highest BCUT2D eigenvalue weighted by Gasteiger charge is 2.17. The van der Waals surface area contributed by atoms with Crippen LogP contribution in [0.25, 0.3) is 76.5 Å². The van der Waals surface area contributed by atoms with Gasteiger partial charge in [0.2, 0.25) is 0 Å². The first-order chi connectivity index (χ1) is 27.1. The summed E-state index contributed by atoms with van der Waals surface area (Å²) in [5.74, 6) is 0. The van der Waals surface area contributed by atoms with Gasteiger partial charge in [0.15, 0.2) is 0 Å². The van der Waals surface area contributed by atoms with Gasteiger partial charge in [-0.05, 0) is 114 Å². The third-order valence-corrected chi connectivity index (χ3v) is 10.5. The van der Waals surface area contributed by atoms with Crippen molar-refractivity contribution >= 4 is 60.2 Å². The average molecular weight is 705 g/mol. The van der Waals surface area contributed by atoms with Gasteiger partial charge in [0.1, 0.15) is 0 Å². The molecule has 55 heavy (non-hydrogen) atoms. The molecule has 0 amide bonds. The van der Waals surface area contributed by atoms with Gasteiger partial charge < -0.3 is 11.1 Å². The number of hydrogen-bond acceptors (Lipinski definition) is 2. The predicted molar refractivity (Wildman–Crippen MR) is 238 cm³/mol. The highest BCUT2D eigenvalue weighted by molar-refractivity contribution is 6.21. The van der Waals surface area contributed by atoms with Crippen molar-refractivity contribution in [2.45, 2.75) is 6.92 Å². The van der Waals surface area contributed by atoms with Crippen LogP contribution < -0.4 is 11.1 Å². The minimum Gasteiger partial charge on any atom is -0.397 e. The van der Waals surface area contributed by atoms with Gasteiger partial charge in [-0.2, -0.15) is 0 Å². The van der Waals surface area contributed by atoms with E-state index in [1.165, 1.54) is 82.0 Å². The summed E-state index contributed by atoms with van der Waals surface area (Å²) < 4.78 is 0. The second kappa shape index (κ2) is 14.7. The standard InChI is InChI=1S/C36H26N2.C17H14/c37-33-15-7-8-16-34(33)38-28-21-19-25(20-22-28)35-29-11-3-5-13-31(29)36(32-14-6-4-12-30(32)35)27-18-17-24-9-1-2-10-26(24)23-27;1-13-6-4-9-15(12-13)17-11-5-8-14-7-2-3-10-16(14)17/h1-23,38H,37H2;2-12H,1H3. The Labute approximate surface area is 322 Å². The Morgan fingerprint density at radius 3 is 1.56 bits per heavy atom. The van der Waals surface area contributed by atoms with Crippen LogP contribution in [-0.4, -0.2) is 0 Å². The zero-order valence-corrected chi connectivity index (χ0v) is 30.7. The highest BCUT2D eigenvalue weighted by atomic mass is 14.9. The SMILES string of the molecule is Cc1cccc(-c2cccc3ccccc23)c1.Nc1ccccc1Nc1ccc(-c2c3ccccc3c(-c3ccc4ccccc4c3)c3ccccc23)cc1. The minimum atomic E-state index is 0.734. The van der Waals surface area contributed by atoms with E-state index in [0.717, 1.165) is 17.1 Å². The van der Waals surface area contributed by atoms with E-state index in [-0.39, 0.29) is 0 Å². The average Bonchev–Trinajstić information content (AvgIpc) is 3.24. The van der Waals surface area contributed by atoms with Crippen LogP contribution in [0.5, 0.6) is 0 Å². The Kier molecular flexibility index (Phi) is 8.99. The second-order valence-corrected chi connectivity index (χ2v) is 14.1. The Morgan fingerprint density at radius 1 is 0.364 bits per heavy atom. The van der Waals surface area contributed by atoms with E-state index in [1.807, 2.05) is 24.3 Å². The molecule has 0 atom stereocenters. The number of nitrogens with one attached hydrogen (secondary N) is 1. The maximum absolute atomic E-state index is 6.14. The summed E-state index contributed by atoms with van der Waals surface area (Å²) in [4.78, 5) is 0. The molecule has 2 nitrogen and oxygen atoms in total. The maximum atomic E-state index is 6.14. The number of rotatable bonds is 5. The van der Waals surface area contributed by atoms with Gasteiger partial charge in [-0.25, -0.2) is 0 Å². The van der Waals surface area contributed by atoms with E-state index in [9.17, 15) is 0 Å². The number of aryl methyl sites for hydroxylation is 1.